The normalized spacial score (nSPS) is 12.4. The van der Waals surface area contributed by atoms with Crippen molar-refractivity contribution >= 4 is 23.3 Å². The van der Waals surface area contributed by atoms with Gasteiger partial charge in [0.05, 0.1) is 5.56 Å². The molecule has 5 nitrogen and oxygen atoms in total. The van der Waals surface area contributed by atoms with Crippen molar-refractivity contribution in [2.75, 3.05) is 0 Å². The van der Waals surface area contributed by atoms with E-state index < -0.39 is 18.0 Å². The number of carboxylic acid groups (broad SMARTS) is 2. The summed E-state index contributed by atoms with van der Waals surface area (Å²) in [6.07, 6.45) is 0. The predicted octanol–water partition coefficient (Wildman–Crippen LogP) is 0.839. The largest absolute Gasteiger partial charge is 0.480 e. The molecule has 14 heavy (non-hydrogen) atoms. The number of hydrogen-bond acceptors (Lipinski definition) is 4. The number of carbonyl (C=O) groups is 2. The summed E-state index contributed by atoms with van der Waals surface area (Å²) in [5.41, 5.74) is 5.45. The van der Waals surface area contributed by atoms with Gasteiger partial charge in [0.1, 0.15) is 6.04 Å². The number of aliphatic carboxylic acids is 1. The summed E-state index contributed by atoms with van der Waals surface area (Å²) in [5.74, 6) is -2.23. The molecule has 0 saturated heterocycles. The molecule has 1 rings (SSSR count). The highest BCUT2D eigenvalue weighted by Gasteiger charge is 2.20. The van der Waals surface area contributed by atoms with Crippen molar-refractivity contribution in [1.29, 1.82) is 0 Å². The minimum atomic E-state index is -1.16. The molecule has 6 heteroatoms. The second kappa shape index (κ2) is 3.77. The molecular weight excluding hydrogens is 206 g/mol. The van der Waals surface area contributed by atoms with Gasteiger partial charge >= 0.3 is 11.9 Å². The maximum atomic E-state index is 10.6. The topological polar surface area (TPSA) is 101 Å². The minimum Gasteiger partial charge on any atom is -0.480 e. The molecule has 1 aromatic rings. The fourth-order valence-corrected chi connectivity index (χ4v) is 2.01. The Bertz CT molecular complexity index is 385. The van der Waals surface area contributed by atoms with Crippen LogP contribution in [0.3, 0.4) is 0 Å². The summed E-state index contributed by atoms with van der Waals surface area (Å²) in [6.45, 7) is 1.62. The van der Waals surface area contributed by atoms with Gasteiger partial charge in [0.25, 0.3) is 0 Å². The van der Waals surface area contributed by atoms with Crippen molar-refractivity contribution < 1.29 is 19.8 Å². The molecular formula is C8H9NO4S. The molecule has 1 atom stereocenters. The van der Waals surface area contributed by atoms with Crippen LogP contribution in [0.5, 0.6) is 0 Å². The molecule has 0 radical (unpaired) electrons. The Labute approximate surface area is 83.8 Å². The molecule has 0 saturated carbocycles. The number of hydrogen-bond donors (Lipinski definition) is 3. The fourth-order valence-electron chi connectivity index (χ4n) is 0.992. The summed E-state index contributed by atoms with van der Waals surface area (Å²) >= 11 is 1.09. The zero-order valence-corrected chi connectivity index (χ0v) is 8.17. The van der Waals surface area contributed by atoms with E-state index in [9.17, 15) is 9.59 Å². The zero-order chi connectivity index (χ0) is 10.9. The van der Waals surface area contributed by atoms with Crippen LogP contribution in [0.25, 0.3) is 0 Å². The van der Waals surface area contributed by atoms with E-state index in [1.807, 2.05) is 0 Å². The molecule has 0 bridgehead atoms. The van der Waals surface area contributed by atoms with Gasteiger partial charge < -0.3 is 15.9 Å². The molecule has 1 heterocycles. The third-order valence-corrected chi connectivity index (χ3v) is 2.87. The highest BCUT2D eigenvalue weighted by atomic mass is 32.1. The van der Waals surface area contributed by atoms with E-state index in [2.05, 4.69) is 0 Å². The predicted molar refractivity (Wildman–Crippen MR) is 50.6 cm³/mol. The molecule has 0 aromatic carbocycles. The van der Waals surface area contributed by atoms with Crippen LogP contribution in [-0.2, 0) is 4.79 Å². The lowest BCUT2D eigenvalue weighted by Gasteiger charge is -2.00. The van der Waals surface area contributed by atoms with Crippen LogP contribution < -0.4 is 5.73 Å². The molecule has 0 aliphatic carbocycles. The van der Waals surface area contributed by atoms with Crippen LogP contribution in [0.2, 0.25) is 0 Å². The number of aryl methyl sites for hydroxylation is 1. The van der Waals surface area contributed by atoms with Gasteiger partial charge in [0.15, 0.2) is 0 Å². The second-order valence-corrected chi connectivity index (χ2v) is 4.03. The Kier molecular flexibility index (Phi) is 2.87. The van der Waals surface area contributed by atoms with Gasteiger partial charge in [0.2, 0.25) is 0 Å². The molecule has 0 spiro atoms. The first-order valence-corrected chi connectivity index (χ1v) is 4.57. The summed E-state index contributed by atoms with van der Waals surface area (Å²) in [7, 11) is 0. The van der Waals surface area contributed by atoms with E-state index in [4.69, 9.17) is 15.9 Å². The van der Waals surface area contributed by atoms with Gasteiger partial charge in [-0.3, -0.25) is 4.79 Å². The molecule has 0 fully saturated rings. The maximum absolute atomic E-state index is 10.6. The summed E-state index contributed by atoms with van der Waals surface area (Å²) in [5, 5.41) is 17.3. The first kappa shape index (κ1) is 10.7. The third-order valence-electron chi connectivity index (χ3n) is 1.74. The summed E-state index contributed by atoms with van der Waals surface area (Å²) in [4.78, 5) is 22.1. The van der Waals surface area contributed by atoms with Crippen LogP contribution in [-0.4, -0.2) is 22.2 Å². The number of nitrogens with two attached hydrogens (primary N) is 1. The molecule has 0 aliphatic rings. The molecule has 0 amide bonds. The Morgan fingerprint density at radius 3 is 2.43 bits per heavy atom. The van der Waals surface area contributed by atoms with Gasteiger partial charge in [-0.25, -0.2) is 4.79 Å². The van der Waals surface area contributed by atoms with E-state index in [0.717, 1.165) is 11.3 Å². The standard InChI is InChI=1S/C8H9NO4S/c1-3-4(7(10)11)2-5(14-3)6(9)8(12)13/h2,6H,9H2,1H3,(H,10,11)(H,12,13)/t6-/m1/s1. The quantitative estimate of drug-likeness (QED) is 0.693. The molecule has 1 aromatic heterocycles. The monoisotopic (exact) mass is 215 g/mol. The lowest BCUT2D eigenvalue weighted by atomic mass is 10.2. The average Bonchev–Trinajstić information content (AvgIpc) is 2.45. The van der Waals surface area contributed by atoms with E-state index >= 15 is 0 Å². The summed E-state index contributed by atoms with van der Waals surface area (Å²) in [6, 6.07) is 0.160. The van der Waals surface area contributed by atoms with Gasteiger partial charge in [-0.2, -0.15) is 0 Å². The Balaban J connectivity index is 3.08. The molecule has 76 valence electrons. The maximum Gasteiger partial charge on any atom is 0.336 e. The van der Waals surface area contributed by atoms with Gasteiger partial charge in [-0.15, -0.1) is 11.3 Å². The van der Waals surface area contributed by atoms with Crippen molar-refractivity contribution in [2.45, 2.75) is 13.0 Å². The molecule has 0 aliphatic heterocycles. The number of thiophene rings is 1. The molecule has 0 unspecified atom stereocenters. The SMILES string of the molecule is Cc1sc([C@@H](N)C(=O)O)cc1C(=O)O. The van der Waals surface area contributed by atoms with Crippen LogP contribution in [0.15, 0.2) is 6.07 Å². The first-order valence-electron chi connectivity index (χ1n) is 3.75. The van der Waals surface area contributed by atoms with Gasteiger partial charge in [-0.1, -0.05) is 0 Å². The lowest BCUT2D eigenvalue weighted by molar-refractivity contribution is -0.138. The lowest BCUT2D eigenvalue weighted by Crippen LogP contribution is -2.19. The number of rotatable bonds is 3. The second-order valence-electron chi connectivity index (χ2n) is 2.74. The smallest absolute Gasteiger partial charge is 0.336 e. The van der Waals surface area contributed by atoms with E-state index in [0.29, 0.717) is 9.75 Å². The van der Waals surface area contributed by atoms with Gasteiger partial charge in [-0.05, 0) is 13.0 Å². The van der Waals surface area contributed by atoms with Crippen molar-refractivity contribution in [3.8, 4) is 0 Å². The third kappa shape index (κ3) is 1.91. The highest BCUT2D eigenvalue weighted by molar-refractivity contribution is 7.12. The highest BCUT2D eigenvalue weighted by Crippen LogP contribution is 2.25. The average molecular weight is 215 g/mol. The number of carboxylic acids is 2. The van der Waals surface area contributed by atoms with Crippen molar-refractivity contribution in [2.24, 2.45) is 5.73 Å². The van der Waals surface area contributed by atoms with Crippen molar-refractivity contribution in [3.63, 3.8) is 0 Å². The zero-order valence-electron chi connectivity index (χ0n) is 7.35. The van der Waals surface area contributed by atoms with Crippen LogP contribution >= 0.6 is 11.3 Å². The van der Waals surface area contributed by atoms with Crippen LogP contribution in [0, 0.1) is 6.92 Å². The van der Waals surface area contributed by atoms with E-state index in [1.165, 1.54) is 6.07 Å². The first-order chi connectivity index (χ1) is 6.43. The van der Waals surface area contributed by atoms with Crippen LogP contribution in [0.1, 0.15) is 26.2 Å². The minimum absolute atomic E-state index is 0.113. The van der Waals surface area contributed by atoms with Crippen molar-refractivity contribution in [1.82, 2.24) is 0 Å². The van der Waals surface area contributed by atoms with Crippen LogP contribution in [0.4, 0.5) is 0 Å². The fraction of sp³-hybridized carbons (Fsp3) is 0.250. The van der Waals surface area contributed by atoms with E-state index in [-0.39, 0.29) is 5.56 Å². The Morgan fingerprint density at radius 1 is 1.50 bits per heavy atom. The Morgan fingerprint density at radius 2 is 2.07 bits per heavy atom. The molecule has 4 N–H and O–H groups in total. The van der Waals surface area contributed by atoms with E-state index in [1.54, 1.807) is 6.92 Å². The number of aromatic carboxylic acids is 1. The summed E-state index contributed by atoms with van der Waals surface area (Å²) < 4.78 is 0. The van der Waals surface area contributed by atoms with Crippen molar-refractivity contribution in [3.05, 3.63) is 21.4 Å². The Hall–Kier alpha value is -1.40. The van der Waals surface area contributed by atoms with Gasteiger partial charge in [0, 0.05) is 9.75 Å².